The summed E-state index contributed by atoms with van der Waals surface area (Å²) in [6, 6.07) is 2.68. The smallest absolute Gasteiger partial charge is 0.167 e. The van der Waals surface area contributed by atoms with Crippen LogP contribution in [0.2, 0.25) is 0 Å². The zero-order chi connectivity index (χ0) is 15.5. The van der Waals surface area contributed by atoms with E-state index in [4.69, 9.17) is 10.5 Å². The number of hydrogen-bond donors (Lipinski definition) is 2. The van der Waals surface area contributed by atoms with Crippen molar-refractivity contribution in [3.05, 3.63) is 17.9 Å². The Balaban J connectivity index is 2.09. The normalized spacial score (nSPS) is 20.4. The maximum Gasteiger partial charge on any atom is 0.167 e. The minimum absolute atomic E-state index is 0.128. The van der Waals surface area contributed by atoms with Crippen LogP contribution in [-0.4, -0.2) is 32.6 Å². The number of halogens is 1. The van der Waals surface area contributed by atoms with Crippen LogP contribution in [0.3, 0.4) is 0 Å². The first-order valence-electron chi connectivity index (χ1n) is 7.11. The van der Waals surface area contributed by atoms with E-state index < -0.39 is 20.9 Å². The molecule has 21 heavy (non-hydrogen) atoms. The maximum atomic E-state index is 13.7. The summed E-state index contributed by atoms with van der Waals surface area (Å²) < 4.78 is 42.5. The Morgan fingerprint density at radius 1 is 1.48 bits per heavy atom. The van der Waals surface area contributed by atoms with Gasteiger partial charge in [0.15, 0.2) is 21.4 Å². The van der Waals surface area contributed by atoms with Gasteiger partial charge in [0, 0.05) is 18.7 Å². The number of rotatable bonds is 6. The molecular weight excluding hydrogens is 295 g/mol. The molecule has 0 aliphatic carbocycles. The molecule has 0 radical (unpaired) electrons. The molecule has 1 unspecified atom stereocenters. The van der Waals surface area contributed by atoms with Crippen LogP contribution in [0.5, 0.6) is 5.75 Å². The number of ether oxygens (including phenoxy) is 1. The Bertz CT molecular complexity index is 604. The zero-order valence-electron chi connectivity index (χ0n) is 12.1. The average molecular weight is 316 g/mol. The fourth-order valence-corrected chi connectivity index (χ4v) is 4.12. The van der Waals surface area contributed by atoms with Gasteiger partial charge in [-0.25, -0.2) is 12.8 Å². The molecule has 1 fully saturated rings. The van der Waals surface area contributed by atoms with E-state index in [1.165, 1.54) is 12.1 Å². The van der Waals surface area contributed by atoms with Gasteiger partial charge in [-0.1, -0.05) is 6.92 Å². The van der Waals surface area contributed by atoms with Gasteiger partial charge in [-0.3, -0.25) is 0 Å². The lowest BCUT2D eigenvalue weighted by atomic mass is 10.2. The first-order chi connectivity index (χ1) is 9.94. The summed E-state index contributed by atoms with van der Waals surface area (Å²) in [5, 5.41) is 2.60. The second-order valence-corrected chi connectivity index (χ2v) is 7.63. The Morgan fingerprint density at radius 3 is 2.86 bits per heavy atom. The molecule has 7 heteroatoms. The number of nitrogens with one attached hydrogen (secondary N) is 1. The summed E-state index contributed by atoms with van der Waals surface area (Å²) in [5.74, 6) is -0.147. The monoisotopic (exact) mass is 316 g/mol. The second-order valence-electron chi connectivity index (χ2n) is 5.23. The molecular formula is C14H21FN2O3S. The molecule has 5 nitrogen and oxygen atoms in total. The molecule has 1 aliphatic heterocycles. The largest absolute Gasteiger partial charge is 0.490 e. The standard InChI is InChI=1S/C14H21FN2O3S/c1-2-5-20-14-8-13(12(16)7-11(14)15)17-9-10-4-3-6-21(10,18)19/h7-8,10,17H,2-6,9,16H2,1H3. The summed E-state index contributed by atoms with van der Waals surface area (Å²) >= 11 is 0. The van der Waals surface area contributed by atoms with Gasteiger partial charge in [0.25, 0.3) is 0 Å². The lowest BCUT2D eigenvalue weighted by Crippen LogP contribution is -2.25. The van der Waals surface area contributed by atoms with Crippen molar-refractivity contribution >= 4 is 21.2 Å². The highest BCUT2D eigenvalue weighted by Gasteiger charge is 2.31. The van der Waals surface area contributed by atoms with Crippen molar-refractivity contribution in [1.29, 1.82) is 0 Å². The van der Waals surface area contributed by atoms with Crippen molar-refractivity contribution in [3.63, 3.8) is 0 Å². The first-order valence-corrected chi connectivity index (χ1v) is 8.83. The van der Waals surface area contributed by atoms with E-state index in [9.17, 15) is 12.8 Å². The van der Waals surface area contributed by atoms with Crippen LogP contribution in [0.25, 0.3) is 0 Å². The van der Waals surface area contributed by atoms with Crippen LogP contribution in [0.4, 0.5) is 15.8 Å². The topological polar surface area (TPSA) is 81.4 Å². The molecule has 0 aromatic heterocycles. The van der Waals surface area contributed by atoms with Gasteiger partial charge in [-0.05, 0) is 19.3 Å². The molecule has 1 heterocycles. The van der Waals surface area contributed by atoms with Crippen molar-refractivity contribution in [2.45, 2.75) is 31.4 Å². The zero-order valence-corrected chi connectivity index (χ0v) is 12.9. The van der Waals surface area contributed by atoms with Gasteiger partial charge in [0.05, 0.1) is 29.0 Å². The van der Waals surface area contributed by atoms with Gasteiger partial charge in [-0.2, -0.15) is 0 Å². The molecule has 2 rings (SSSR count). The quantitative estimate of drug-likeness (QED) is 0.786. The lowest BCUT2D eigenvalue weighted by Gasteiger charge is -2.15. The van der Waals surface area contributed by atoms with Gasteiger partial charge < -0.3 is 15.8 Å². The number of anilines is 2. The molecule has 0 saturated carbocycles. The van der Waals surface area contributed by atoms with E-state index in [0.29, 0.717) is 25.1 Å². The summed E-state index contributed by atoms with van der Waals surface area (Å²) in [5.41, 5.74) is 6.51. The minimum Gasteiger partial charge on any atom is -0.490 e. The average Bonchev–Trinajstić information content (AvgIpc) is 2.75. The van der Waals surface area contributed by atoms with E-state index in [0.717, 1.165) is 6.42 Å². The Kier molecular flexibility index (Phi) is 4.92. The summed E-state index contributed by atoms with van der Waals surface area (Å²) in [6.07, 6.45) is 2.11. The van der Waals surface area contributed by atoms with Crippen LogP contribution in [0.15, 0.2) is 12.1 Å². The number of nitrogen functional groups attached to an aromatic ring is 1. The first kappa shape index (κ1) is 15.9. The number of nitrogens with two attached hydrogens (primary N) is 1. The Hall–Kier alpha value is -1.50. The van der Waals surface area contributed by atoms with E-state index >= 15 is 0 Å². The molecule has 1 saturated heterocycles. The summed E-state index contributed by atoms with van der Waals surface area (Å²) in [6.45, 7) is 2.63. The second kappa shape index (κ2) is 6.51. The highest BCUT2D eigenvalue weighted by atomic mass is 32.2. The van der Waals surface area contributed by atoms with Gasteiger partial charge in [-0.15, -0.1) is 0 Å². The fraction of sp³-hybridized carbons (Fsp3) is 0.571. The SMILES string of the molecule is CCCOc1cc(NCC2CCCS2(=O)=O)c(N)cc1F. The third-order valence-electron chi connectivity index (χ3n) is 3.55. The Labute approximate surface area is 124 Å². The van der Waals surface area contributed by atoms with Crippen LogP contribution in [0, 0.1) is 5.82 Å². The predicted molar refractivity (Wildman–Crippen MR) is 81.9 cm³/mol. The van der Waals surface area contributed by atoms with Gasteiger partial charge >= 0.3 is 0 Å². The molecule has 0 spiro atoms. The van der Waals surface area contributed by atoms with Gasteiger partial charge in [0.2, 0.25) is 0 Å². The third-order valence-corrected chi connectivity index (χ3v) is 5.82. The van der Waals surface area contributed by atoms with E-state index in [2.05, 4.69) is 5.32 Å². The lowest BCUT2D eigenvalue weighted by molar-refractivity contribution is 0.301. The molecule has 0 amide bonds. The molecule has 1 atom stereocenters. The predicted octanol–water partition coefficient (Wildman–Crippen LogP) is 2.19. The molecule has 3 N–H and O–H groups in total. The molecule has 1 aromatic carbocycles. The van der Waals surface area contributed by atoms with Crippen LogP contribution < -0.4 is 15.8 Å². The summed E-state index contributed by atoms with van der Waals surface area (Å²) in [4.78, 5) is 0. The molecule has 1 aromatic rings. The van der Waals surface area contributed by atoms with Crippen LogP contribution in [0.1, 0.15) is 26.2 Å². The summed E-state index contributed by atoms with van der Waals surface area (Å²) in [7, 11) is -3.01. The Morgan fingerprint density at radius 2 is 2.24 bits per heavy atom. The van der Waals surface area contributed by atoms with E-state index in [1.807, 2.05) is 6.92 Å². The van der Waals surface area contributed by atoms with Crippen molar-refractivity contribution in [3.8, 4) is 5.75 Å². The number of hydrogen-bond acceptors (Lipinski definition) is 5. The third kappa shape index (κ3) is 3.78. The minimum atomic E-state index is -3.01. The molecule has 1 aliphatic rings. The van der Waals surface area contributed by atoms with Crippen molar-refractivity contribution in [2.75, 3.05) is 30.0 Å². The molecule has 0 bridgehead atoms. The highest BCUT2D eigenvalue weighted by Crippen LogP contribution is 2.29. The van der Waals surface area contributed by atoms with Crippen molar-refractivity contribution in [1.82, 2.24) is 0 Å². The van der Waals surface area contributed by atoms with Crippen LogP contribution >= 0.6 is 0 Å². The van der Waals surface area contributed by atoms with Crippen molar-refractivity contribution < 1.29 is 17.5 Å². The van der Waals surface area contributed by atoms with E-state index in [1.54, 1.807) is 0 Å². The fourth-order valence-electron chi connectivity index (χ4n) is 2.36. The van der Waals surface area contributed by atoms with Gasteiger partial charge in [0.1, 0.15) is 0 Å². The maximum absolute atomic E-state index is 13.7. The highest BCUT2D eigenvalue weighted by molar-refractivity contribution is 7.92. The van der Waals surface area contributed by atoms with Crippen molar-refractivity contribution in [2.24, 2.45) is 0 Å². The number of sulfone groups is 1. The van der Waals surface area contributed by atoms with Crippen LogP contribution in [-0.2, 0) is 9.84 Å². The molecule has 118 valence electrons. The van der Waals surface area contributed by atoms with E-state index in [-0.39, 0.29) is 23.7 Å². The number of benzene rings is 1.